The second-order valence-electron chi connectivity index (χ2n) is 7.60. The first-order valence-corrected chi connectivity index (χ1v) is 11.6. The van der Waals surface area contributed by atoms with Crippen LogP contribution in [0.4, 0.5) is 15.8 Å². The van der Waals surface area contributed by atoms with Gasteiger partial charge in [0.25, 0.3) is 0 Å². The van der Waals surface area contributed by atoms with E-state index in [-0.39, 0.29) is 24.1 Å². The molecule has 1 aliphatic rings. The molecular weight excluding hydrogens is 461 g/mol. The zero-order chi connectivity index (χ0) is 23.4. The molecule has 0 saturated carbocycles. The average molecular weight is 482 g/mol. The van der Waals surface area contributed by atoms with E-state index in [0.717, 1.165) is 11.1 Å². The van der Waals surface area contributed by atoms with Gasteiger partial charge in [-0.1, -0.05) is 59.8 Å². The molecule has 3 aromatic rings. The maximum Gasteiger partial charge on any atom is 0.242 e. The molecule has 0 aliphatic carbocycles. The number of carbonyl (C=O) groups is 2. The lowest BCUT2D eigenvalue weighted by molar-refractivity contribution is -0.128. The summed E-state index contributed by atoms with van der Waals surface area (Å²) in [5.41, 5.74) is 2.96. The number of nitrogens with one attached hydrogen (secondary N) is 1. The van der Waals surface area contributed by atoms with E-state index < -0.39 is 5.25 Å². The number of anilines is 1. The van der Waals surface area contributed by atoms with Crippen molar-refractivity contribution in [3.8, 4) is 0 Å². The summed E-state index contributed by atoms with van der Waals surface area (Å²) >= 11 is 7.37. The zero-order valence-electron chi connectivity index (χ0n) is 17.8. The van der Waals surface area contributed by atoms with Crippen LogP contribution in [0.3, 0.4) is 0 Å². The Balaban J connectivity index is 1.53. The fourth-order valence-electron chi connectivity index (χ4n) is 3.31. The Morgan fingerprint density at radius 2 is 1.85 bits per heavy atom. The first-order chi connectivity index (χ1) is 15.9. The van der Waals surface area contributed by atoms with E-state index >= 15 is 0 Å². The SMILES string of the molecule is Cc1ccc(NC(=O)CC2SC(=Nc3ccc(F)cc3)N(Cc3ccccc3)C2=O)cc1Cl. The molecule has 1 atom stereocenters. The van der Waals surface area contributed by atoms with E-state index in [1.807, 2.05) is 43.3 Å². The quantitative estimate of drug-likeness (QED) is 0.473. The van der Waals surface area contributed by atoms with Crippen LogP contribution in [-0.2, 0) is 16.1 Å². The first-order valence-electron chi connectivity index (χ1n) is 10.3. The number of amides is 2. The molecule has 4 rings (SSSR count). The van der Waals surface area contributed by atoms with Crippen molar-refractivity contribution in [3.63, 3.8) is 0 Å². The average Bonchev–Trinajstić information content (AvgIpc) is 3.07. The van der Waals surface area contributed by atoms with Gasteiger partial charge < -0.3 is 5.32 Å². The van der Waals surface area contributed by atoms with Crippen LogP contribution >= 0.6 is 23.4 Å². The molecule has 2 amide bonds. The maximum absolute atomic E-state index is 13.3. The van der Waals surface area contributed by atoms with Gasteiger partial charge in [0.2, 0.25) is 11.8 Å². The molecule has 0 radical (unpaired) electrons. The Hall–Kier alpha value is -3.16. The summed E-state index contributed by atoms with van der Waals surface area (Å²) in [6, 6.07) is 20.6. The van der Waals surface area contributed by atoms with E-state index in [1.54, 1.807) is 29.2 Å². The number of nitrogens with zero attached hydrogens (tertiary/aromatic N) is 2. The number of thioether (sulfide) groups is 1. The number of rotatable bonds is 6. The minimum absolute atomic E-state index is 0.0112. The highest BCUT2D eigenvalue weighted by atomic mass is 35.5. The number of hydrogen-bond donors (Lipinski definition) is 1. The minimum atomic E-state index is -0.617. The first kappa shape index (κ1) is 23.0. The molecule has 1 unspecified atom stereocenters. The fraction of sp³-hybridized carbons (Fsp3) is 0.160. The number of aryl methyl sites for hydroxylation is 1. The van der Waals surface area contributed by atoms with Crippen LogP contribution < -0.4 is 5.32 Å². The van der Waals surface area contributed by atoms with Crippen molar-refractivity contribution in [2.75, 3.05) is 5.32 Å². The third kappa shape index (κ3) is 5.80. The Bertz CT molecular complexity index is 1200. The van der Waals surface area contributed by atoms with Crippen LogP contribution in [0.1, 0.15) is 17.5 Å². The van der Waals surface area contributed by atoms with Gasteiger partial charge in [0, 0.05) is 17.1 Å². The van der Waals surface area contributed by atoms with E-state index in [4.69, 9.17) is 11.6 Å². The van der Waals surface area contributed by atoms with Crippen LogP contribution in [0.25, 0.3) is 0 Å². The molecule has 5 nitrogen and oxygen atoms in total. The topological polar surface area (TPSA) is 61.8 Å². The predicted molar refractivity (Wildman–Crippen MR) is 131 cm³/mol. The smallest absolute Gasteiger partial charge is 0.242 e. The van der Waals surface area contributed by atoms with Gasteiger partial charge in [-0.25, -0.2) is 9.38 Å². The number of aliphatic imine (C=N–C) groups is 1. The van der Waals surface area contributed by atoms with Crippen LogP contribution in [0.2, 0.25) is 5.02 Å². The van der Waals surface area contributed by atoms with Crippen LogP contribution in [0, 0.1) is 12.7 Å². The van der Waals surface area contributed by atoms with Crippen molar-refractivity contribution in [3.05, 3.63) is 94.8 Å². The van der Waals surface area contributed by atoms with E-state index in [2.05, 4.69) is 10.3 Å². The summed E-state index contributed by atoms with van der Waals surface area (Å²) in [4.78, 5) is 32.0. The fourth-order valence-corrected chi connectivity index (χ4v) is 4.65. The third-order valence-corrected chi connectivity index (χ3v) is 6.66. The Morgan fingerprint density at radius 3 is 2.55 bits per heavy atom. The van der Waals surface area contributed by atoms with E-state index in [9.17, 15) is 14.0 Å². The molecule has 1 N–H and O–H groups in total. The highest BCUT2D eigenvalue weighted by Crippen LogP contribution is 2.33. The Morgan fingerprint density at radius 1 is 1.12 bits per heavy atom. The summed E-state index contributed by atoms with van der Waals surface area (Å²) in [5.74, 6) is -0.841. The highest BCUT2D eigenvalue weighted by Gasteiger charge is 2.39. The second kappa shape index (κ2) is 10.2. The normalized spacial score (nSPS) is 16.9. The predicted octanol–water partition coefficient (Wildman–Crippen LogP) is 5.95. The van der Waals surface area contributed by atoms with Gasteiger partial charge in [-0.05, 0) is 54.4 Å². The summed E-state index contributed by atoms with van der Waals surface area (Å²) in [6.07, 6.45) is -0.0112. The van der Waals surface area contributed by atoms with Crippen molar-refractivity contribution in [1.29, 1.82) is 0 Å². The molecular formula is C25H21ClFN3O2S. The Labute approximate surface area is 200 Å². The molecule has 0 aromatic heterocycles. The number of hydrogen-bond acceptors (Lipinski definition) is 4. The van der Waals surface area contributed by atoms with Crippen LogP contribution in [-0.4, -0.2) is 27.1 Å². The monoisotopic (exact) mass is 481 g/mol. The van der Waals surface area contributed by atoms with Gasteiger partial charge >= 0.3 is 0 Å². The third-order valence-electron chi connectivity index (χ3n) is 5.08. The van der Waals surface area contributed by atoms with Crippen LogP contribution in [0.15, 0.2) is 77.8 Å². The van der Waals surface area contributed by atoms with E-state index in [1.165, 1.54) is 23.9 Å². The zero-order valence-corrected chi connectivity index (χ0v) is 19.4. The molecule has 1 saturated heterocycles. The van der Waals surface area contributed by atoms with Crippen molar-refractivity contribution in [2.24, 2.45) is 4.99 Å². The van der Waals surface area contributed by atoms with Gasteiger partial charge in [-0.3, -0.25) is 14.5 Å². The molecule has 1 aliphatic heterocycles. The summed E-state index contributed by atoms with van der Waals surface area (Å²) in [5, 5.41) is 3.22. The van der Waals surface area contributed by atoms with Crippen molar-refractivity contribution >= 4 is 51.7 Å². The lowest BCUT2D eigenvalue weighted by Crippen LogP contribution is -2.33. The molecule has 8 heteroatoms. The Kier molecular flexibility index (Phi) is 7.11. The molecule has 3 aromatic carbocycles. The molecule has 168 valence electrons. The van der Waals surface area contributed by atoms with Gasteiger partial charge in [-0.15, -0.1) is 0 Å². The second-order valence-corrected chi connectivity index (χ2v) is 9.18. The van der Waals surface area contributed by atoms with Gasteiger partial charge in [0.15, 0.2) is 5.17 Å². The maximum atomic E-state index is 13.3. The van der Waals surface area contributed by atoms with Gasteiger partial charge in [0.05, 0.1) is 12.2 Å². The molecule has 33 heavy (non-hydrogen) atoms. The number of amidine groups is 1. The van der Waals surface area contributed by atoms with Crippen molar-refractivity contribution in [1.82, 2.24) is 4.90 Å². The highest BCUT2D eigenvalue weighted by molar-refractivity contribution is 8.15. The van der Waals surface area contributed by atoms with Crippen molar-refractivity contribution < 1.29 is 14.0 Å². The number of benzene rings is 3. The summed E-state index contributed by atoms with van der Waals surface area (Å²) < 4.78 is 13.3. The lowest BCUT2D eigenvalue weighted by Gasteiger charge is -2.16. The van der Waals surface area contributed by atoms with Crippen molar-refractivity contribution in [2.45, 2.75) is 25.1 Å². The number of halogens is 2. The molecule has 1 fully saturated rings. The van der Waals surface area contributed by atoms with Gasteiger partial charge in [0.1, 0.15) is 11.1 Å². The molecule has 1 heterocycles. The summed E-state index contributed by atoms with van der Waals surface area (Å²) in [6.45, 7) is 2.21. The van der Waals surface area contributed by atoms with Crippen LogP contribution in [0.5, 0.6) is 0 Å². The largest absolute Gasteiger partial charge is 0.326 e. The minimum Gasteiger partial charge on any atom is -0.326 e. The lowest BCUT2D eigenvalue weighted by atomic mass is 10.2. The number of carbonyl (C=O) groups excluding carboxylic acids is 2. The van der Waals surface area contributed by atoms with Gasteiger partial charge in [-0.2, -0.15) is 0 Å². The standard InChI is InChI=1S/C25H21ClFN3O2S/c1-16-7-10-20(13-21(16)26)28-23(31)14-22-24(32)30(15-17-5-3-2-4-6-17)25(33-22)29-19-11-8-18(27)9-12-19/h2-13,22H,14-15H2,1H3,(H,28,31). The molecule has 0 bridgehead atoms. The molecule has 0 spiro atoms. The summed E-state index contributed by atoms with van der Waals surface area (Å²) in [7, 11) is 0. The van der Waals surface area contributed by atoms with E-state index in [0.29, 0.717) is 28.1 Å².